The molecule has 2 heteroatoms. The molecule has 2 nitrogen and oxygen atoms in total. The Morgan fingerprint density at radius 3 is 2.41 bits per heavy atom. The summed E-state index contributed by atoms with van der Waals surface area (Å²) < 4.78 is 0. The van der Waals surface area contributed by atoms with Crippen LogP contribution in [0.5, 0.6) is 0 Å². The molecule has 3 rings (SSSR count). The van der Waals surface area contributed by atoms with E-state index in [0.717, 1.165) is 18.4 Å². The van der Waals surface area contributed by atoms with Gasteiger partial charge in [0.2, 0.25) is 0 Å². The lowest BCUT2D eigenvalue weighted by molar-refractivity contribution is 0.0945. The van der Waals surface area contributed by atoms with Gasteiger partial charge in [-0.2, -0.15) is 0 Å². The van der Waals surface area contributed by atoms with Gasteiger partial charge < -0.3 is 0 Å². The molecule has 84 valence electrons. The second kappa shape index (κ2) is 3.81. The summed E-state index contributed by atoms with van der Waals surface area (Å²) in [6.07, 6.45) is 5.25. The molecule has 0 atom stereocenters. The summed E-state index contributed by atoms with van der Waals surface area (Å²) in [4.78, 5) is 16.5. The van der Waals surface area contributed by atoms with Gasteiger partial charge in [0.15, 0.2) is 5.78 Å². The molecule has 0 N–H and O–H groups in total. The zero-order chi connectivity index (χ0) is 11.7. The van der Waals surface area contributed by atoms with Crippen molar-refractivity contribution in [3.63, 3.8) is 0 Å². The molecule has 1 saturated carbocycles. The van der Waals surface area contributed by atoms with E-state index in [2.05, 4.69) is 4.98 Å². The largest absolute Gasteiger partial charge is 0.293 e. The monoisotopic (exact) mass is 223 g/mol. The first kappa shape index (κ1) is 10.2. The molecule has 0 aliphatic heterocycles. The quantitative estimate of drug-likeness (QED) is 0.749. The SMILES string of the molecule is O=C(c1cccnc1)C1(c2ccccc2)CC1. The summed E-state index contributed by atoms with van der Waals surface area (Å²) in [6.45, 7) is 0. The van der Waals surface area contributed by atoms with Gasteiger partial charge in [-0.15, -0.1) is 0 Å². The predicted octanol–water partition coefficient (Wildman–Crippen LogP) is 3.00. The molecule has 0 spiro atoms. The minimum atomic E-state index is -0.274. The summed E-state index contributed by atoms with van der Waals surface area (Å²) in [5.74, 6) is 0.205. The highest BCUT2D eigenvalue weighted by atomic mass is 16.1. The van der Waals surface area contributed by atoms with E-state index in [1.807, 2.05) is 42.5 Å². The maximum atomic E-state index is 12.5. The number of carbonyl (C=O) groups excluding carboxylic acids is 1. The highest BCUT2D eigenvalue weighted by Gasteiger charge is 2.51. The van der Waals surface area contributed by atoms with Gasteiger partial charge in [-0.3, -0.25) is 9.78 Å². The molecule has 0 unspecified atom stereocenters. The summed E-state index contributed by atoms with van der Waals surface area (Å²) in [6, 6.07) is 13.7. The van der Waals surface area contributed by atoms with Crippen LogP contribution in [0.1, 0.15) is 28.8 Å². The van der Waals surface area contributed by atoms with Crippen LogP contribution in [-0.4, -0.2) is 10.8 Å². The predicted molar refractivity (Wildman–Crippen MR) is 65.9 cm³/mol. The fourth-order valence-electron chi connectivity index (χ4n) is 2.30. The fraction of sp³-hybridized carbons (Fsp3) is 0.200. The Balaban J connectivity index is 1.98. The minimum absolute atomic E-state index is 0.205. The molecular formula is C15H13NO. The van der Waals surface area contributed by atoms with Crippen LogP contribution in [0.25, 0.3) is 0 Å². The molecule has 1 aromatic carbocycles. The third kappa shape index (κ3) is 1.66. The molecule has 1 fully saturated rings. The zero-order valence-corrected chi connectivity index (χ0v) is 9.47. The van der Waals surface area contributed by atoms with Gasteiger partial charge in [0, 0.05) is 18.0 Å². The molecular weight excluding hydrogens is 210 g/mol. The molecule has 0 radical (unpaired) electrons. The molecule has 0 bridgehead atoms. The summed E-state index contributed by atoms with van der Waals surface area (Å²) in [5.41, 5.74) is 1.58. The van der Waals surface area contributed by atoms with Crippen molar-refractivity contribution in [3.05, 3.63) is 66.0 Å². The van der Waals surface area contributed by atoms with E-state index in [4.69, 9.17) is 0 Å². The summed E-state index contributed by atoms with van der Waals surface area (Å²) >= 11 is 0. The lowest BCUT2D eigenvalue weighted by Crippen LogP contribution is -2.20. The second-order valence-electron chi connectivity index (χ2n) is 4.52. The third-order valence-corrected chi connectivity index (χ3v) is 3.43. The maximum Gasteiger partial charge on any atom is 0.174 e. The Labute approximate surface area is 100 Å². The summed E-state index contributed by atoms with van der Waals surface area (Å²) in [7, 11) is 0. The Bertz CT molecular complexity index is 529. The van der Waals surface area contributed by atoms with Gasteiger partial charge >= 0.3 is 0 Å². The highest BCUT2D eigenvalue weighted by Crippen LogP contribution is 2.50. The van der Waals surface area contributed by atoms with E-state index >= 15 is 0 Å². The smallest absolute Gasteiger partial charge is 0.174 e. The minimum Gasteiger partial charge on any atom is -0.293 e. The van der Waals surface area contributed by atoms with Crippen molar-refractivity contribution in [1.29, 1.82) is 0 Å². The Kier molecular flexibility index (Phi) is 2.29. The lowest BCUT2D eigenvalue weighted by atomic mass is 9.88. The molecule has 1 aromatic heterocycles. The maximum absolute atomic E-state index is 12.5. The molecule has 17 heavy (non-hydrogen) atoms. The summed E-state index contributed by atoms with van der Waals surface area (Å²) in [5, 5.41) is 0. The normalized spacial score (nSPS) is 16.5. The van der Waals surface area contributed by atoms with Gasteiger partial charge in [0.25, 0.3) is 0 Å². The number of hydrogen-bond acceptors (Lipinski definition) is 2. The zero-order valence-electron chi connectivity index (χ0n) is 9.47. The standard InChI is InChI=1S/C15H13NO/c17-14(12-5-4-10-16-11-12)15(8-9-15)13-6-2-1-3-7-13/h1-7,10-11H,8-9H2. The number of nitrogens with zero attached hydrogens (tertiary/aromatic N) is 1. The van der Waals surface area contributed by atoms with E-state index in [1.165, 1.54) is 0 Å². The first-order valence-electron chi connectivity index (χ1n) is 5.83. The van der Waals surface area contributed by atoms with Crippen molar-refractivity contribution >= 4 is 5.78 Å². The van der Waals surface area contributed by atoms with E-state index < -0.39 is 0 Å². The fourth-order valence-corrected chi connectivity index (χ4v) is 2.30. The van der Waals surface area contributed by atoms with Crippen LogP contribution in [0.2, 0.25) is 0 Å². The average Bonchev–Trinajstić information content (AvgIpc) is 3.21. The van der Waals surface area contributed by atoms with Crippen molar-refractivity contribution in [2.24, 2.45) is 0 Å². The molecule has 0 saturated heterocycles. The molecule has 1 aliphatic carbocycles. The number of hydrogen-bond donors (Lipinski definition) is 0. The van der Waals surface area contributed by atoms with Gasteiger partial charge in [-0.05, 0) is 30.5 Å². The van der Waals surface area contributed by atoms with Gasteiger partial charge in [0.05, 0.1) is 5.41 Å². The highest BCUT2D eigenvalue weighted by molar-refractivity contribution is 6.05. The molecule has 0 amide bonds. The number of benzene rings is 1. The van der Waals surface area contributed by atoms with Crippen molar-refractivity contribution < 1.29 is 4.79 Å². The van der Waals surface area contributed by atoms with Gasteiger partial charge in [-0.1, -0.05) is 30.3 Å². The van der Waals surface area contributed by atoms with Crippen molar-refractivity contribution in [3.8, 4) is 0 Å². The Morgan fingerprint density at radius 2 is 1.82 bits per heavy atom. The lowest BCUT2D eigenvalue weighted by Gasteiger charge is -2.14. The number of Topliss-reactive ketones (excluding diaryl/α,β-unsaturated/α-hetero) is 1. The first-order valence-corrected chi connectivity index (χ1v) is 5.83. The number of carbonyl (C=O) groups is 1. The van der Waals surface area contributed by atoms with Gasteiger partial charge in [0.1, 0.15) is 0 Å². The number of rotatable bonds is 3. The number of ketones is 1. The van der Waals surface area contributed by atoms with Crippen LogP contribution >= 0.6 is 0 Å². The van der Waals surface area contributed by atoms with Crippen LogP contribution in [-0.2, 0) is 5.41 Å². The van der Waals surface area contributed by atoms with Crippen molar-refractivity contribution in [2.75, 3.05) is 0 Å². The van der Waals surface area contributed by atoms with E-state index in [0.29, 0.717) is 5.56 Å². The number of pyridine rings is 1. The van der Waals surface area contributed by atoms with Crippen LogP contribution in [0, 0.1) is 0 Å². The van der Waals surface area contributed by atoms with Gasteiger partial charge in [-0.25, -0.2) is 0 Å². The Morgan fingerprint density at radius 1 is 1.06 bits per heavy atom. The van der Waals surface area contributed by atoms with Crippen LogP contribution in [0.4, 0.5) is 0 Å². The Hall–Kier alpha value is -1.96. The van der Waals surface area contributed by atoms with Crippen LogP contribution in [0.3, 0.4) is 0 Å². The molecule has 1 aliphatic rings. The van der Waals surface area contributed by atoms with Crippen LogP contribution in [0.15, 0.2) is 54.9 Å². The topological polar surface area (TPSA) is 30.0 Å². The first-order chi connectivity index (χ1) is 8.33. The number of aromatic nitrogens is 1. The van der Waals surface area contributed by atoms with Crippen LogP contribution < -0.4 is 0 Å². The second-order valence-corrected chi connectivity index (χ2v) is 4.52. The van der Waals surface area contributed by atoms with E-state index in [9.17, 15) is 4.79 Å². The third-order valence-electron chi connectivity index (χ3n) is 3.43. The van der Waals surface area contributed by atoms with Crippen molar-refractivity contribution in [1.82, 2.24) is 4.98 Å². The molecule has 1 heterocycles. The van der Waals surface area contributed by atoms with Crippen molar-refractivity contribution in [2.45, 2.75) is 18.3 Å². The average molecular weight is 223 g/mol. The van der Waals surface area contributed by atoms with E-state index in [-0.39, 0.29) is 11.2 Å². The van der Waals surface area contributed by atoms with E-state index in [1.54, 1.807) is 12.4 Å². The molecule has 2 aromatic rings.